The lowest BCUT2D eigenvalue weighted by Gasteiger charge is -2.37. The van der Waals surface area contributed by atoms with Gasteiger partial charge in [-0.1, -0.05) is 13.8 Å². The smallest absolute Gasteiger partial charge is 0.340 e. The third-order valence-electron chi connectivity index (χ3n) is 5.03. The molecule has 26 heavy (non-hydrogen) atoms. The van der Waals surface area contributed by atoms with Crippen LogP contribution in [0.25, 0.3) is 0 Å². The monoisotopic (exact) mass is 359 g/mol. The van der Waals surface area contributed by atoms with E-state index in [1.807, 2.05) is 27.8 Å². The molecule has 3 rings (SSSR count). The molecule has 7 nitrogen and oxygen atoms in total. The van der Waals surface area contributed by atoms with Crippen molar-refractivity contribution in [1.29, 1.82) is 0 Å². The molecule has 1 aliphatic carbocycles. The Balaban J connectivity index is 2.20. The van der Waals surface area contributed by atoms with Gasteiger partial charge in [0.1, 0.15) is 11.3 Å². The first-order chi connectivity index (χ1) is 12.2. The number of aryl methyl sites for hydroxylation is 1. The minimum Gasteiger partial charge on any atom is -0.462 e. The molecule has 0 saturated heterocycles. The van der Waals surface area contributed by atoms with Crippen LogP contribution in [0, 0.1) is 12.3 Å². The van der Waals surface area contributed by atoms with Crippen LogP contribution in [0.3, 0.4) is 0 Å². The summed E-state index contributed by atoms with van der Waals surface area (Å²) in [5, 5.41) is 4.27. The van der Waals surface area contributed by atoms with Gasteiger partial charge >= 0.3 is 5.97 Å². The average Bonchev–Trinajstić information content (AvgIpc) is 2.84. The number of ketones is 1. The van der Waals surface area contributed by atoms with E-state index in [2.05, 4.69) is 5.10 Å². The van der Waals surface area contributed by atoms with Crippen LogP contribution in [0.2, 0.25) is 0 Å². The van der Waals surface area contributed by atoms with Gasteiger partial charge in [0.25, 0.3) is 0 Å². The van der Waals surface area contributed by atoms with Gasteiger partial charge in [-0.25, -0.2) is 4.79 Å². The molecule has 1 aromatic heterocycles. The van der Waals surface area contributed by atoms with Crippen LogP contribution >= 0.6 is 0 Å². The van der Waals surface area contributed by atoms with Gasteiger partial charge in [-0.2, -0.15) is 5.10 Å². The number of ether oxygens (including phenoxy) is 2. The SMILES string of the molecule is CCOC(=O)C1=C(N)OC2=C(C(=O)CC(C)(C)C2)C1c1cnn(C)c1C. The molecule has 140 valence electrons. The van der Waals surface area contributed by atoms with Crippen LogP contribution in [0.4, 0.5) is 0 Å². The number of aromatic nitrogens is 2. The molecule has 0 aromatic carbocycles. The second-order valence-corrected chi connectivity index (χ2v) is 7.62. The molecule has 0 fully saturated rings. The second-order valence-electron chi connectivity index (χ2n) is 7.62. The van der Waals surface area contributed by atoms with Crippen molar-refractivity contribution >= 4 is 11.8 Å². The lowest BCUT2D eigenvalue weighted by atomic mass is 9.70. The Morgan fingerprint density at radius 2 is 2.15 bits per heavy atom. The molecule has 2 aliphatic rings. The first-order valence-corrected chi connectivity index (χ1v) is 8.75. The molecule has 0 radical (unpaired) electrons. The average molecular weight is 359 g/mol. The van der Waals surface area contributed by atoms with Crippen molar-refractivity contribution in [1.82, 2.24) is 9.78 Å². The molecule has 0 amide bonds. The summed E-state index contributed by atoms with van der Waals surface area (Å²) in [7, 11) is 1.82. The topological polar surface area (TPSA) is 96.4 Å². The number of rotatable bonds is 3. The second kappa shape index (κ2) is 6.30. The first kappa shape index (κ1) is 18.2. The fourth-order valence-electron chi connectivity index (χ4n) is 3.70. The Hall–Kier alpha value is -2.57. The van der Waals surface area contributed by atoms with Crippen molar-refractivity contribution in [3.8, 4) is 0 Å². The van der Waals surface area contributed by atoms with Crippen molar-refractivity contribution in [3.05, 3.63) is 40.2 Å². The molecule has 0 spiro atoms. The Morgan fingerprint density at radius 3 is 2.73 bits per heavy atom. The van der Waals surface area contributed by atoms with Crippen molar-refractivity contribution in [2.75, 3.05) is 6.61 Å². The Kier molecular flexibility index (Phi) is 4.42. The van der Waals surface area contributed by atoms with Gasteiger partial charge in [-0.05, 0) is 19.3 Å². The Bertz CT molecular complexity index is 845. The van der Waals surface area contributed by atoms with E-state index in [9.17, 15) is 9.59 Å². The number of carbonyl (C=O) groups is 2. The van der Waals surface area contributed by atoms with Crippen molar-refractivity contribution in [2.45, 2.75) is 46.5 Å². The van der Waals surface area contributed by atoms with E-state index in [1.54, 1.807) is 17.8 Å². The molecule has 7 heteroatoms. The van der Waals surface area contributed by atoms with Crippen molar-refractivity contribution in [2.24, 2.45) is 18.2 Å². The lowest BCUT2D eigenvalue weighted by molar-refractivity contribution is -0.139. The van der Waals surface area contributed by atoms with Crippen molar-refractivity contribution in [3.63, 3.8) is 0 Å². The molecule has 1 atom stereocenters. The molecule has 1 unspecified atom stereocenters. The summed E-state index contributed by atoms with van der Waals surface area (Å²) < 4.78 is 12.7. The maximum Gasteiger partial charge on any atom is 0.340 e. The zero-order valence-electron chi connectivity index (χ0n) is 15.9. The highest BCUT2D eigenvalue weighted by Gasteiger charge is 2.45. The standard InChI is InChI=1S/C19H25N3O4/c1-6-25-18(24)16-14(11-9-21-22(5)10(11)2)15-12(23)7-19(3,4)8-13(15)26-17(16)20/h9,14H,6-8,20H2,1-5H3. The predicted molar refractivity (Wildman–Crippen MR) is 94.7 cm³/mol. The summed E-state index contributed by atoms with van der Waals surface area (Å²) in [6.45, 7) is 7.86. The number of hydrogen-bond acceptors (Lipinski definition) is 6. The summed E-state index contributed by atoms with van der Waals surface area (Å²) in [6, 6.07) is 0. The fourth-order valence-corrected chi connectivity index (χ4v) is 3.70. The molecule has 1 aliphatic heterocycles. The summed E-state index contributed by atoms with van der Waals surface area (Å²) in [4.78, 5) is 25.6. The van der Waals surface area contributed by atoms with Gasteiger partial charge in [0.2, 0.25) is 5.88 Å². The highest BCUT2D eigenvalue weighted by Crippen LogP contribution is 2.48. The highest BCUT2D eigenvalue weighted by atomic mass is 16.5. The lowest BCUT2D eigenvalue weighted by Crippen LogP contribution is -2.35. The van der Waals surface area contributed by atoms with E-state index < -0.39 is 11.9 Å². The minimum absolute atomic E-state index is 0.000882. The number of Topliss-reactive ketones (excluding diaryl/α,β-unsaturated/α-hetero) is 1. The van der Waals surface area contributed by atoms with E-state index >= 15 is 0 Å². The minimum atomic E-state index is -0.616. The Labute approximate surface area is 152 Å². The van der Waals surface area contributed by atoms with Gasteiger partial charge < -0.3 is 15.2 Å². The van der Waals surface area contributed by atoms with E-state index in [0.29, 0.717) is 24.2 Å². The van der Waals surface area contributed by atoms with Gasteiger partial charge in [-0.15, -0.1) is 0 Å². The van der Waals surface area contributed by atoms with Crippen LogP contribution in [-0.2, 0) is 26.1 Å². The van der Waals surface area contributed by atoms with Crippen LogP contribution in [0.1, 0.15) is 50.8 Å². The zero-order valence-corrected chi connectivity index (χ0v) is 15.9. The number of carbonyl (C=O) groups excluding carboxylic acids is 2. The maximum atomic E-state index is 13.0. The molecule has 2 N–H and O–H groups in total. The quantitative estimate of drug-likeness (QED) is 0.831. The van der Waals surface area contributed by atoms with Crippen LogP contribution in [-0.4, -0.2) is 28.1 Å². The normalized spacial score (nSPS) is 22.2. The number of esters is 1. The van der Waals surface area contributed by atoms with Gasteiger partial charge in [-0.3, -0.25) is 9.48 Å². The molecular weight excluding hydrogens is 334 g/mol. The van der Waals surface area contributed by atoms with Crippen LogP contribution in [0.5, 0.6) is 0 Å². The van der Waals surface area contributed by atoms with Gasteiger partial charge in [0.15, 0.2) is 5.78 Å². The number of nitrogens with two attached hydrogens (primary N) is 1. The van der Waals surface area contributed by atoms with Crippen LogP contribution < -0.4 is 5.73 Å². The summed E-state index contributed by atoms with van der Waals surface area (Å²) in [5.41, 5.74) is 8.20. The first-order valence-electron chi connectivity index (χ1n) is 8.75. The van der Waals surface area contributed by atoms with Gasteiger partial charge in [0.05, 0.1) is 18.7 Å². The Morgan fingerprint density at radius 1 is 1.46 bits per heavy atom. The largest absolute Gasteiger partial charge is 0.462 e. The predicted octanol–water partition coefficient (Wildman–Crippen LogP) is 2.22. The van der Waals surface area contributed by atoms with Crippen LogP contribution in [0.15, 0.2) is 29.0 Å². The molecule has 0 bridgehead atoms. The zero-order chi connectivity index (χ0) is 19.2. The van der Waals surface area contributed by atoms with Gasteiger partial charge in [0, 0.05) is 36.7 Å². The molecule has 1 aromatic rings. The number of hydrogen-bond donors (Lipinski definition) is 1. The summed E-state index contributed by atoms with van der Waals surface area (Å²) in [5.74, 6) is -0.664. The highest BCUT2D eigenvalue weighted by molar-refractivity contribution is 6.03. The maximum absolute atomic E-state index is 13.0. The molecular formula is C19H25N3O4. The third-order valence-corrected chi connectivity index (χ3v) is 5.03. The van der Waals surface area contributed by atoms with E-state index in [-0.39, 0.29) is 29.3 Å². The summed E-state index contributed by atoms with van der Waals surface area (Å²) in [6.07, 6.45) is 2.65. The number of allylic oxidation sites excluding steroid dienone is 2. The molecule has 2 heterocycles. The van der Waals surface area contributed by atoms with Crippen molar-refractivity contribution < 1.29 is 19.1 Å². The fraction of sp³-hybridized carbons (Fsp3) is 0.526. The van der Waals surface area contributed by atoms with E-state index in [1.165, 1.54) is 0 Å². The number of nitrogens with zero attached hydrogens (tertiary/aromatic N) is 2. The summed E-state index contributed by atoms with van der Waals surface area (Å²) >= 11 is 0. The third kappa shape index (κ3) is 2.91. The molecule has 0 saturated carbocycles. The van der Waals surface area contributed by atoms with E-state index in [4.69, 9.17) is 15.2 Å². The van der Waals surface area contributed by atoms with E-state index in [0.717, 1.165) is 11.3 Å².